The van der Waals surface area contributed by atoms with E-state index in [2.05, 4.69) is 15.0 Å². The van der Waals surface area contributed by atoms with Gasteiger partial charge >= 0.3 is 18.0 Å². The number of aromatic nitrogens is 4. The number of alkyl halides is 6. The minimum atomic E-state index is -4.81. The first-order valence-electron chi connectivity index (χ1n) is 11.0. The summed E-state index contributed by atoms with van der Waals surface area (Å²) in [5, 5.41) is 10.6. The fourth-order valence-corrected chi connectivity index (χ4v) is 4.87. The first-order chi connectivity index (χ1) is 16.3. The second-order valence-electron chi connectivity index (χ2n) is 8.91. The van der Waals surface area contributed by atoms with Gasteiger partial charge in [-0.25, -0.2) is 9.78 Å². The van der Waals surface area contributed by atoms with Gasteiger partial charge in [-0.05, 0) is 37.7 Å². The molecule has 1 unspecified atom stereocenters. The van der Waals surface area contributed by atoms with E-state index < -0.39 is 48.7 Å². The fraction of sp³-hybridized carbons (Fsp3) is 0.571. The van der Waals surface area contributed by atoms with Crippen LogP contribution in [0, 0.1) is 5.92 Å². The molecule has 35 heavy (non-hydrogen) atoms. The summed E-state index contributed by atoms with van der Waals surface area (Å²) in [6, 6.07) is 1.30. The number of pyridine rings is 1. The van der Waals surface area contributed by atoms with E-state index in [-0.39, 0.29) is 18.0 Å². The van der Waals surface area contributed by atoms with E-state index in [1.807, 2.05) is 0 Å². The highest BCUT2D eigenvalue weighted by molar-refractivity contribution is 6.01. The van der Waals surface area contributed by atoms with Gasteiger partial charge in [0.05, 0.1) is 23.9 Å². The highest BCUT2D eigenvalue weighted by Crippen LogP contribution is 2.35. The van der Waals surface area contributed by atoms with Gasteiger partial charge in [-0.1, -0.05) is 0 Å². The molecule has 1 fully saturated rings. The maximum Gasteiger partial charge on any atom is 0.401 e. The minimum absolute atomic E-state index is 0.213. The Labute approximate surface area is 193 Å². The minimum Gasteiger partial charge on any atom is -0.378 e. The van der Waals surface area contributed by atoms with E-state index in [1.165, 1.54) is 10.8 Å². The number of rotatable bonds is 6. The van der Waals surface area contributed by atoms with Gasteiger partial charge in [0.15, 0.2) is 0 Å². The topological polar surface area (TPSA) is 107 Å². The Morgan fingerprint density at radius 3 is 2.40 bits per heavy atom. The van der Waals surface area contributed by atoms with E-state index in [0.29, 0.717) is 47.1 Å². The van der Waals surface area contributed by atoms with Crippen molar-refractivity contribution in [1.29, 1.82) is 0 Å². The van der Waals surface area contributed by atoms with E-state index in [4.69, 9.17) is 0 Å². The lowest BCUT2D eigenvalue weighted by molar-refractivity contribution is -0.202. The van der Waals surface area contributed by atoms with Gasteiger partial charge in [-0.2, -0.15) is 26.3 Å². The first-order valence-corrected chi connectivity index (χ1v) is 11.0. The predicted molar refractivity (Wildman–Crippen MR) is 114 cm³/mol. The van der Waals surface area contributed by atoms with E-state index in [9.17, 15) is 41.0 Å². The average Bonchev–Trinajstić information content (AvgIpc) is 3.21. The molecule has 4 rings (SSSR count). The summed E-state index contributed by atoms with van der Waals surface area (Å²) in [7, 11) is 0. The SMILES string of the molecule is O=c1[nH]c(=O)n(C2CCC(CN(CC(F)(F)F)C(O)CC(F)(F)F)CC2)c2c1cnc1[nH]ccc12. The fourth-order valence-electron chi connectivity index (χ4n) is 4.87. The van der Waals surface area contributed by atoms with Gasteiger partial charge in [0.2, 0.25) is 0 Å². The monoisotopic (exact) mass is 507 g/mol. The number of hydrogen-bond donors (Lipinski definition) is 3. The number of nitrogens with one attached hydrogen (secondary N) is 2. The van der Waals surface area contributed by atoms with Crippen LogP contribution >= 0.6 is 0 Å². The number of H-pyrrole nitrogens is 2. The number of halogens is 6. The van der Waals surface area contributed by atoms with Crippen LogP contribution in [0.1, 0.15) is 38.1 Å². The molecule has 1 atom stereocenters. The van der Waals surface area contributed by atoms with Gasteiger partial charge in [0.25, 0.3) is 5.56 Å². The molecule has 3 N–H and O–H groups in total. The zero-order valence-electron chi connectivity index (χ0n) is 18.3. The van der Waals surface area contributed by atoms with Crippen molar-refractivity contribution in [3.8, 4) is 0 Å². The van der Waals surface area contributed by atoms with Crippen LogP contribution in [0.15, 0.2) is 28.0 Å². The molecule has 0 amide bonds. The predicted octanol–water partition coefficient (Wildman–Crippen LogP) is 3.43. The lowest BCUT2D eigenvalue weighted by atomic mass is 9.85. The molecule has 0 aliphatic heterocycles. The lowest BCUT2D eigenvalue weighted by Crippen LogP contribution is -2.46. The molecule has 3 heterocycles. The lowest BCUT2D eigenvalue weighted by Gasteiger charge is -2.36. The Morgan fingerprint density at radius 2 is 1.77 bits per heavy atom. The molecule has 0 spiro atoms. The van der Waals surface area contributed by atoms with Crippen LogP contribution in [0.25, 0.3) is 21.9 Å². The van der Waals surface area contributed by atoms with Crippen LogP contribution in [0.5, 0.6) is 0 Å². The third kappa shape index (κ3) is 5.69. The van der Waals surface area contributed by atoms with Crippen molar-refractivity contribution in [2.75, 3.05) is 13.1 Å². The summed E-state index contributed by atoms with van der Waals surface area (Å²) in [6.45, 7) is -2.02. The van der Waals surface area contributed by atoms with Crippen molar-refractivity contribution < 1.29 is 31.4 Å². The van der Waals surface area contributed by atoms with Crippen LogP contribution in [0.3, 0.4) is 0 Å². The van der Waals surface area contributed by atoms with Crippen LogP contribution < -0.4 is 11.2 Å². The van der Waals surface area contributed by atoms with E-state index >= 15 is 0 Å². The van der Waals surface area contributed by atoms with Crippen molar-refractivity contribution in [2.24, 2.45) is 5.92 Å². The summed E-state index contributed by atoms with van der Waals surface area (Å²) in [5.74, 6) is -0.407. The number of nitrogens with zero attached hydrogens (tertiary/aromatic N) is 3. The van der Waals surface area contributed by atoms with Crippen LogP contribution in [-0.2, 0) is 0 Å². The quantitative estimate of drug-likeness (QED) is 0.350. The number of aliphatic hydroxyl groups is 1. The zero-order chi connectivity index (χ0) is 25.5. The second-order valence-corrected chi connectivity index (χ2v) is 8.91. The Balaban J connectivity index is 1.55. The van der Waals surface area contributed by atoms with E-state index in [0.717, 1.165) is 0 Å². The van der Waals surface area contributed by atoms with Gasteiger partial charge in [-0.3, -0.25) is 19.2 Å². The van der Waals surface area contributed by atoms with E-state index in [1.54, 1.807) is 12.3 Å². The summed E-state index contributed by atoms with van der Waals surface area (Å²) in [6.07, 6.45) is -9.33. The molecule has 1 aliphatic rings. The second kappa shape index (κ2) is 9.30. The molecule has 0 bridgehead atoms. The number of fused-ring (bicyclic) bond motifs is 3. The molecule has 1 saturated carbocycles. The highest BCUT2D eigenvalue weighted by Gasteiger charge is 2.40. The van der Waals surface area contributed by atoms with Crippen LogP contribution in [0.4, 0.5) is 26.3 Å². The molecule has 3 aromatic heterocycles. The Hall–Kier alpha value is -2.87. The smallest absolute Gasteiger partial charge is 0.378 e. The highest BCUT2D eigenvalue weighted by atomic mass is 19.4. The first kappa shape index (κ1) is 25.2. The number of aromatic amines is 2. The van der Waals surface area contributed by atoms with Crippen LogP contribution in [-0.4, -0.2) is 61.2 Å². The molecule has 3 aromatic rings. The molecule has 1 aliphatic carbocycles. The number of aliphatic hydroxyl groups excluding tert-OH is 1. The van der Waals surface area contributed by atoms with Gasteiger partial charge in [0, 0.05) is 30.4 Å². The normalized spacial score (nSPS) is 20.7. The van der Waals surface area contributed by atoms with Crippen LogP contribution in [0.2, 0.25) is 0 Å². The maximum atomic E-state index is 13.0. The maximum absolute atomic E-state index is 13.0. The van der Waals surface area contributed by atoms with Crippen molar-refractivity contribution in [2.45, 2.75) is 56.7 Å². The molecule has 0 radical (unpaired) electrons. The van der Waals surface area contributed by atoms with Crippen molar-refractivity contribution in [3.05, 3.63) is 39.3 Å². The third-order valence-electron chi connectivity index (χ3n) is 6.37. The van der Waals surface area contributed by atoms with Gasteiger partial charge < -0.3 is 10.1 Å². The summed E-state index contributed by atoms with van der Waals surface area (Å²) < 4.78 is 78.3. The molecule has 192 valence electrons. The average molecular weight is 507 g/mol. The number of hydrogen-bond acceptors (Lipinski definition) is 5. The molecular weight excluding hydrogens is 484 g/mol. The Bertz CT molecular complexity index is 1300. The molecule has 14 heteroatoms. The Morgan fingerprint density at radius 1 is 1.09 bits per heavy atom. The molecule has 0 aromatic carbocycles. The van der Waals surface area contributed by atoms with Crippen molar-refractivity contribution in [1.82, 2.24) is 24.4 Å². The summed E-state index contributed by atoms with van der Waals surface area (Å²) in [5.41, 5.74) is -0.343. The molecular formula is C21H23F6N5O3. The van der Waals surface area contributed by atoms with Gasteiger partial charge in [0.1, 0.15) is 11.9 Å². The molecule has 0 saturated heterocycles. The standard InChI is InChI=1S/C21H23F6N5O3/c22-20(23,24)7-15(33)31(10-21(25,26)27)9-11-1-3-12(4-2-11)32-16-13-5-6-28-17(13)29-8-14(16)18(34)30-19(32)35/h5-6,8,11-12,15,33H,1-4,7,9-10H2,(H,28,29)(H,30,34,35). The van der Waals surface area contributed by atoms with Crippen molar-refractivity contribution >= 4 is 21.9 Å². The zero-order valence-corrected chi connectivity index (χ0v) is 18.3. The molecule has 8 nitrogen and oxygen atoms in total. The van der Waals surface area contributed by atoms with Gasteiger partial charge in [-0.15, -0.1) is 0 Å². The third-order valence-corrected chi connectivity index (χ3v) is 6.37. The Kier molecular flexibility index (Phi) is 6.70. The van der Waals surface area contributed by atoms with Crippen molar-refractivity contribution in [3.63, 3.8) is 0 Å². The largest absolute Gasteiger partial charge is 0.401 e. The summed E-state index contributed by atoms with van der Waals surface area (Å²) >= 11 is 0. The summed E-state index contributed by atoms with van der Waals surface area (Å²) in [4.78, 5) is 34.9.